The Labute approximate surface area is 130 Å². The molecule has 0 saturated heterocycles. The molecule has 0 fully saturated rings. The van der Waals surface area contributed by atoms with Gasteiger partial charge < -0.3 is 9.52 Å². The smallest absolute Gasteiger partial charge is 0.228 e. The van der Waals surface area contributed by atoms with Gasteiger partial charge in [0.1, 0.15) is 0 Å². The first-order chi connectivity index (χ1) is 10.2. The Morgan fingerprint density at radius 1 is 1.14 bits per heavy atom. The topological polar surface area (TPSA) is 50.4 Å². The third-order valence-corrected chi connectivity index (χ3v) is 6.21. The molecule has 1 aromatic heterocycles. The molecule has 0 unspecified atom stereocenters. The van der Waals surface area contributed by atoms with Crippen molar-refractivity contribution in [3.8, 4) is 0 Å². The number of furan rings is 1. The number of benzene rings is 1. The predicted molar refractivity (Wildman–Crippen MR) is 83.1 cm³/mol. The SMILES string of the molecule is CC1(C)Cc2coc3c2[C@@](C)(c2ccccc2C3=O)[C@@]1(C)O. The first-order valence-corrected chi connectivity index (χ1v) is 7.69. The molecule has 1 N–H and O–H groups in total. The average molecular weight is 296 g/mol. The zero-order valence-electron chi connectivity index (χ0n) is 13.4. The van der Waals surface area contributed by atoms with Crippen LogP contribution in [-0.4, -0.2) is 16.5 Å². The van der Waals surface area contributed by atoms with Gasteiger partial charge in [0.15, 0.2) is 5.76 Å². The van der Waals surface area contributed by atoms with Gasteiger partial charge in [-0.3, -0.25) is 4.79 Å². The minimum absolute atomic E-state index is 0.0789. The fourth-order valence-electron chi connectivity index (χ4n) is 4.44. The molecule has 22 heavy (non-hydrogen) atoms. The molecule has 1 heterocycles. The van der Waals surface area contributed by atoms with Crippen molar-refractivity contribution in [2.45, 2.75) is 45.1 Å². The highest BCUT2D eigenvalue weighted by Crippen LogP contribution is 2.59. The van der Waals surface area contributed by atoms with E-state index < -0.39 is 11.0 Å². The highest BCUT2D eigenvalue weighted by molar-refractivity contribution is 6.11. The highest BCUT2D eigenvalue weighted by Gasteiger charge is 2.62. The van der Waals surface area contributed by atoms with E-state index in [4.69, 9.17) is 4.42 Å². The van der Waals surface area contributed by atoms with Crippen LogP contribution in [-0.2, 0) is 11.8 Å². The van der Waals surface area contributed by atoms with Crippen molar-refractivity contribution in [3.63, 3.8) is 0 Å². The monoisotopic (exact) mass is 296 g/mol. The van der Waals surface area contributed by atoms with Crippen LogP contribution >= 0.6 is 0 Å². The zero-order chi connectivity index (χ0) is 15.9. The largest absolute Gasteiger partial charge is 0.460 e. The van der Waals surface area contributed by atoms with Crippen molar-refractivity contribution < 1.29 is 14.3 Å². The van der Waals surface area contributed by atoms with E-state index in [-0.39, 0.29) is 11.2 Å². The second kappa shape index (κ2) is 3.72. The van der Waals surface area contributed by atoms with Crippen molar-refractivity contribution in [2.75, 3.05) is 0 Å². The molecular formula is C19H20O3. The second-order valence-electron chi connectivity index (χ2n) is 7.60. The third-order valence-electron chi connectivity index (χ3n) is 6.21. The summed E-state index contributed by atoms with van der Waals surface area (Å²) in [6.07, 6.45) is 2.40. The maximum atomic E-state index is 12.7. The Morgan fingerprint density at radius 3 is 2.55 bits per heavy atom. The highest BCUT2D eigenvalue weighted by atomic mass is 16.3. The molecule has 1 aromatic carbocycles. The maximum absolute atomic E-state index is 12.7. The molecule has 2 aromatic rings. The fraction of sp³-hybridized carbons (Fsp3) is 0.421. The number of aliphatic hydroxyl groups is 1. The zero-order valence-corrected chi connectivity index (χ0v) is 13.4. The summed E-state index contributed by atoms with van der Waals surface area (Å²) in [6, 6.07) is 7.58. The van der Waals surface area contributed by atoms with Crippen LogP contribution in [0.2, 0.25) is 0 Å². The van der Waals surface area contributed by atoms with Gasteiger partial charge in [0, 0.05) is 11.1 Å². The lowest BCUT2D eigenvalue weighted by Crippen LogP contribution is -2.62. The summed E-state index contributed by atoms with van der Waals surface area (Å²) in [4.78, 5) is 12.7. The first-order valence-electron chi connectivity index (χ1n) is 7.69. The number of ketones is 1. The van der Waals surface area contributed by atoms with Crippen LogP contribution in [0.1, 0.15) is 60.5 Å². The van der Waals surface area contributed by atoms with Gasteiger partial charge in [-0.2, -0.15) is 0 Å². The van der Waals surface area contributed by atoms with Gasteiger partial charge in [0.2, 0.25) is 5.78 Å². The number of fused-ring (bicyclic) bond motifs is 2. The molecule has 0 bridgehead atoms. The molecule has 0 radical (unpaired) electrons. The van der Waals surface area contributed by atoms with E-state index >= 15 is 0 Å². The molecule has 4 rings (SSSR count). The third kappa shape index (κ3) is 1.25. The van der Waals surface area contributed by atoms with Gasteiger partial charge in [0.05, 0.1) is 17.3 Å². The van der Waals surface area contributed by atoms with Gasteiger partial charge in [-0.15, -0.1) is 0 Å². The Bertz CT molecular complexity index is 810. The van der Waals surface area contributed by atoms with Gasteiger partial charge in [-0.25, -0.2) is 0 Å². The quantitative estimate of drug-likeness (QED) is 0.810. The van der Waals surface area contributed by atoms with Crippen molar-refractivity contribution in [1.29, 1.82) is 0 Å². The molecule has 3 nitrogen and oxygen atoms in total. The lowest BCUT2D eigenvalue weighted by Gasteiger charge is -2.57. The number of rotatable bonds is 0. The van der Waals surface area contributed by atoms with Crippen molar-refractivity contribution in [1.82, 2.24) is 0 Å². The molecule has 114 valence electrons. The van der Waals surface area contributed by atoms with E-state index in [1.165, 1.54) is 0 Å². The van der Waals surface area contributed by atoms with E-state index in [1.54, 1.807) is 6.26 Å². The Kier molecular flexibility index (Phi) is 2.33. The van der Waals surface area contributed by atoms with Crippen molar-refractivity contribution >= 4 is 5.78 Å². The molecule has 3 heteroatoms. The predicted octanol–water partition coefficient (Wildman–Crippen LogP) is 3.46. The van der Waals surface area contributed by atoms with Crippen LogP contribution in [0.25, 0.3) is 0 Å². The van der Waals surface area contributed by atoms with Gasteiger partial charge in [-0.05, 0) is 36.8 Å². The summed E-state index contributed by atoms with van der Waals surface area (Å²) < 4.78 is 5.65. The number of carbonyl (C=O) groups is 1. The van der Waals surface area contributed by atoms with Gasteiger partial charge >= 0.3 is 0 Å². The van der Waals surface area contributed by atoms with Gasteiger partial charge in [-0.1, -0.05) is 38.1 Å². The van der Waals surface area contributed by atoms with Crippen molar-refractivity contribution in [3.05, 3.63) is 58.5 Å². The molecule has 0 spiro atoms. The van der Waals surface area contributed by atoms with E-state index in [0.29, 0.717) is 17.7 Å². The lowest BCUT2D eigenvalue weighted by atomic mass is 9.48. The molecule has 0 saturated carbocycles. The van der Waals surface area contributed by atoms with Crippen molar-refractivity contribution in [2.24, 2.45) is 5.41 Å². The number of carbonyl (C=O) groups excluding carboxylic acids is 1. The summed E-state index contributed by atoms with van der Waals surface area (Å²) >= 11 is 0. The molecule has 2 aliphatic rings. The molecule has 0 amide bonds. The van der Waals surface area contributed by atoms with E-state index in [2.05, 4.69) is 13.8 Å². The molecule has 0 aliphatic heterocycles. The van der Waals surface area contributed by atoms with Crippen LogP contribution in [0, 0.1) is 5.41 Å². The number of hydrogen-bond donors (Lipinski definition) is 1. The van der Waals surface area contributed by atoms with E-state index in [0.717, 1.165) is 16.7 Å². The molecule has 2 atom stereocenters. The van der Waals surface area contributed by atoms with Crippen LogP contribution in [0.3, 0.4) is 0 Å². The average Bonchev–Trinajstić information content (AvgIpc) is 2.87. The van der Waals surface area contributed by atoms with Crippen LogP contribution in [0.4, 0.5) is 0 Å². The number of hydrogen-bond acceptors (Lipinski definition) is 3. The minimum atomic E-state index is -0.998. The Morgan fingerprint density at radius 2 is 1.82 bits per heavy atom. The summed E-state index contributed by atoms with van der Waals surface area (Å²) in [5.41, 5.74) is 1.46. The minimum Gasteiger partial charge on any atom is -0.460 e. The molecule has 2 aliphatic carbocycles. The van der Waals surface area contributed by atoms with Crippen LogP contribution < -0.4 is 0 Å². The van der Waals surface area contributed by atoms with E-state index in [9.17, 15) is 9.90 Å². The Hall–Kier alpha value is -1.87. The molecular weight excluding hydrogens is 276 g/mol. The summed E-state index contributed by atoms with van der Waals surface area (Å²) in [6.45, 7) is 8.08. The first kappa shape index (κ1) is 13.8. The summed E-state index contributed by atoms with van der Waals surface area (Å²) in [5.74, 6) is 0.316. The fourth-order valence-corrected chi connectivity index (χ4v) is 4.44. The summed E-state index contributed by atoms with van der Waals surface area (Å²) in [5, 5.41) is 11.5. The van der Waals surface area contributed by atoms with Crippen LogP contribution in [0.15, 0.2) is 34.9 Å². The lowest BCUT2D eigenvalue weighted by molar-refractivity contribution is -0.105. The van der Waals surface area contributed by atoms with E-state index in [1.807, 2.05) is 38.1 Å². The maximum Gasteiger partial charge on any atom is 0.228 e. The normalized spacial score (nSPS) is 31.6. The Balaban J connectivity index is 2.17. The standard InChI is InChI=1S/C19H20O3/c1-17(2)9-11-10-22-16-14(11)18(3,19(17,4)21)13-8-6-5-7-12(13)15(16)20/h5-8,10,21H,9H2,1-4H3/t18-,19+/m1/s1. The second-order valence-corrected chi connectivity index (χ2v) is 7.60. The van der Waals surface area contributed by atoms with Gasteiger partial charge in [0.25, 0.3) is 0 Å². The summed E-state index contributed by atoms with van der Waals surface area (Å²) in [7, 11) is 0. The van der Waals surface area contributed by atoms with Crippen LogP contribution in [0.5, 0.6) is 0 Å².